The van der Waals surface area contributed by atoms with Gasteiger partial charge >= 0.3 is 0 Å². The number of rotatable bonds is 2. The molecule has 0 N–H and O–H groups in total. The predicted molar refractivity (Wildman–Crippen MR) is 132 cm³/mol. The van der Waals surface area contributed by atoms with E-state index in [9.17, 15) is 0 Å². The molecule has 0 bridgehead atoms. The summed E-state index contributed by atoms with van der Waals surface area (Å²) in [5.41, 5.74) is 4.20. The molecule has 3 heterocycles. The Bertz CT molecular complexity index is 1570. The van der Waals surface area contributed by atoms with Crippen molar-refractivity contribution in [2.75, 3.05) is 0 Å². The van der Waals surface area contributed by atoms with Crippen LogP contribution in [0.3, 0.4) is 0 Å². The molecule has 5 heteroatoms. The smallest absolute Gasteiger partial charge is 0.235 e. The highest BCUT2D eigenvalue weighted by Gasteiger charge is 2.25. The highest BCUT2D eigenvalue weighted by molar-refractivity contribution is 6.89. The first-order chi connectivity index (χ1) is 15.0. The molecule has 3 aromatic carbocycles. The van der Waals surface area contributed by atoms with Crippen molar-refractivity contribution >= 4 is 57.0 Å². The molecule has 0 spiro atoms. The van der Waals surface area contributed by atoms with Crippen molar-refractivity contribution < 1.29 is 0 Å². The highest BCUT2D eigenvalue weighted by atomic mass is 28.3. The molecule has 0 saturated heterocycles. The molecule has 0 aliphatic heterocycles. The van der Waals surface area contributed by atoms with Crippen LogP contribution in [0.1, 0.15) is 0 Å². The van der Waals surface area contributed by atoms with Crippen molar-refractivity contribution in [2.24, 2.45) is 0 Å². The van der Waals surface area contributed by atoms with Crippen LogP contribution >= 0.6 is 0 Å². The molecule has 3 aromatic heterocycles. The van der Waals surface area contributed by atoms with E-state index in [1.54, 1.807) is 0 Å². The van der Waals surface area contributed by atoms with Gasteiger partial charge in [-0.2, -0.15) is 0 Å². The maximum Gasteiger partial charge on any atom is 0.235 e. The van der Waals surface area contributed by atoms with Gasteiger partial charge < -0.3 is 0 Å². The van der Waals surface area contributed by atoms with Crippen LogP contribution in [0.2, 0.25) is 19.6 Å². The zero-order valence-electron chi connectivity index (χ0n) is 17.8. The van der Waals surface area contributed by atoms with E-state index in [1.807, 2.05) is 12.3 Å². The first kappa shape index (κ1) is 18.2. The minimum absolute atomic E-state index is 0.735. The Hall–Kier alpha value is -3.57. The predicted octanol–water partition coefficient (Wildman–Crippen LogP) is 5.82. The molecule has 150 valence electrons. The van der Waals surface area contributed by atoms with Crippen molar-refractivity contribution in [3.05, 3.63) is 79.0 Å². The lowest BCUT2D eigenvalue weighted by Crippen LogP contribution is -2.41. The van der Waals surface area contributed by atoms with Crippen LogP contribution < -0.4 is 5.32 Å². The van der Waals surface area contributed by atoms with Gasteiger partial charge in [-0.3, -0.25) is 9.55 Å². The standard InChI is InChI=1S/C26H22N4Si/c1-31(2,3)25-20-14-15-21-19(11-8-16-27-21)24(20)28-26(29-25)30-22-12-6-4-9-17(22)18-10-5-7-13-23(18)30/h4-16H,1-3H3. The number of hydrogen-bond donors (Lipinski definition) is 0. The zero-order chi connectivity index (χ0) is 21.2. The molecular formula is C26H22N4Si. The van der Waals surface area contributed by atoms with Gasteiger partial charge in [0.25, 0.3) is 0 Å². The van der Waals surface area contributed by atoms with Crippen LogP contribution in [0.15, 0.2) is 79.0 Å². The average Bonchev–Trinajstić information content (AvgIpc) is 3.12. The van der Waals surface area contributed by atoms with Gasteiger partial charge in [0.15, 0.2) is 0 Å². The first-order valence-corrected chi connectivity index (χ1v) is 14.1. The van der Waals surface area contributed by atoms with Gasteiger partial charge in [-0.15, -0.1) is 0 Å². The number of fused-ring (bicyclic) bond motifs is 6. The van der Waals surface area contributed by atoms with E-state index in [1.165, 1.54) is 16.1 Å². The minimum Gasteiger partial charge on any atom is -0.278 e. The third-order valence-electron chi connectivity index (χ3n) is 5.93. The summed E-state index contributed by atoms with van der Waals surface area (Å²) in [7, 11) is -1.75. The molecular weight excluding hydrogens is 396 g/mol. The molecule has 0 unspecified atom stereocenters. The molecule has 0 saturated carbocycles. The normalized spacial score (nSPS) is 12.4. The van der Waals surface area contributed by atoms with Gasteiger partial charge in [-0.05, 0) is 36.4 Å². The third kappa shape index (κ3) is 2.70. The number of hydrogen-bond acceptors (Lipinski definition) is 3. The molecule has 0 amide bonds. The molecule has 0 aliphatic rings. The number of para-hydroxylation sites is 2. The van der Waals surface area contributed by atoms with E-state index in [0.717, 1.165) is 38.8 Å². The van der Waals surface area contributed by atoms with Gasteiger partial charge in [0.2, 0.25) is 5.95 Å². The molecule has 0 atom stereocenters. The number of aromatic nitrogens is 4. The van der Waals surface area contributed by atoms with Gasteiger partial charge in [-0.1, -0.05) is 56.0 Å². The maximum atomic E-state index is 5.21. The lowest BCUT2D eigenvalue weighted by Gasteiger charge is -2.20. The monoisotopic (exact) mass is 418 g/mol. The van der Waals surface area contributed by atoms with Crippen molar-refractivity contribution in [1.82, 2.24) is 19.5 Å². The van der Waals surface area contributed by atoms with E-state index in [2.05, 4.69) is 95.9 Å². The summed E-state index contributed by atoms with van der Waals surface area (Å²) in [6.45, 7) is 7.04. The quantitative estimate of drug-likeness (QED) is 0.263. The second kappa shape index (κ2) is 6.46. The zero-order valence-corrected chi connectivity index (χ0v) is 18.8. The van der Waals surface area contributed by atoms with Crippen molar-refractivity contribution in [3.8, 4) is 5.95 Å². The summed E-state index contributed by atoms with van der Waals surface area (Å²) in [6, 6.07) is 25.3. The van der Waals surface area contributed by atoms with E-state index >= 15 is 0 Å². The van der Waals surface area contributed by atoms with Crippen LogP contribution in [0.4, 0.5) is 0 Å². The lowest BCUT2D eigenvalue weighted by atomic mass is 10.1. The number of nitrogens with zero attached hydrogens (tertiary/aromatic N) is 4. The van der Waals surface area contributed by atoms with Crippen LogP contribution in [0.5, 0.6) is 0 Å². The number of pyridine rings is 1. The van der Waals surface area contributed by atoms with Crippen molar-refractivity contribution in [2.45, 2.75) is 19.6 Å². The Morgan fingerprint density at radius 1 is 0.645 bits per heavy atom. The largest absolute Gasteiger partial charge is 0.278 e. The summed E-state index contributed by atoms with van der Waals surface area (Å²) in [6.07, 6.45) is 1.84. The van der Waals surface area contributed by atoms with Crippen LogP contribution in [-0.4, -0.2) is 27.6 Å². The van der Waals surface area contributed by atoms with Gasteiger partial charge in [0, 0.05) is 33.1 Å². The molecule has 4 nitrogen and oxygen atoms in total. The summed E-state index contributed by atoms with van der Waals surface area (Å²) < 4.78 is 2.21. The lowest BCUT2D eigenvalue weighted by molar-refractivity contribution is 1.02. The number of benzene rings is 3. The molecule has 0 radical (unpaired) electrons. The van der Waals surface area contributed by atoms with E-state index in [4.69, 9.17) is 9.97 Å². The summed E-state index contributed by atoms with van der Waals surface area (Å²) in [5, 5.41) is 5.83. The summed E-state index contributed by atoms with van der Waals surface area (Å²) >= 11 is 0. The third-order valence-corrected chi connectivity index (χ3v) is 7.73. The highest BCUT2D eigenvalue weighted by Crippen LogP contribution is 2.31. The maximum absolute atomic E-state index is 5.21. The van der Waals surface area contributed by atoms with Crippen molar-refractivity contribution in [3.63, 3.8) is 0 Å². The van der Waals surface area contributed by atoms with Crippen LogP contribution in [0.25, 0.3) is 49.6 Å². The SMILES string of the molecule is C[Si](C)(C)c1nc(-n2c3ccccc3c3ccccc32)nc2c1ccc1ncccc12. The van der Waals surface area contributed by atoms with E-state index < -0.39 is 8.07 Å². The summed E-state index contributed by atoms with van der Waals surface area (Å²) in [5.74, 6) is 0.735. The fourth-order valence-electron chi connectivity index (χ4n) is 4.54. The Balaban J connectivity index is 1.82. The minimum atomic E-state index is -1.75. The second-order valence-corrected chi connectivity index (χ2v) is 14.0. The molecule has 6 rings (SSSR count). The first-order valence-electron chi connectivity index (χ1n) is 10.6. The van der Waals surface area contributed by atoms with Gasteiger partial charge in [0.05, 0.1) is 22.1 Å². The van der Waals surface area contributed by atoms with E-state index in [0.29, 0.717) is 0 Å². The van der Waals surface area contributed by atoms with E-state index in [-0.39, 0.29) is 0 Å². The Morgan fingerprint density at radius 3 is 1.97 bits per heavy atom. The van der Waals surface area contributed by atoms with Gasteiger partial charge in [-0.25, -0.2) is 9.97 Å². The molecule has 31 heavy (non-hydrogen) atoms. The Morgan fingerprint density at radius 2 is 1.29 bits per heavy atom. The fourth-order valence-corrected chi connectivity index (χ4v) is 5.99. The topological polar surface area (TPSA) is 43.6 Å². The fraction of sp³-hybridized carbons (Fsp3) is 0.115. The van der Waals surface area contributed by atoms with Crippen molar-refractivity contribution in [1.29, 1.82) is 0 Å². The molecule has 0 aliphatic carbocycles. The van der Waals surface area contributed by atoms with Crippen LogP contribution in [0, 0.1) is 0 Å². The Labute approximate surface area is 181 Å². The van der Waals surface area contributed by atoms with Gasteiger partial charge in [0.1, 0.15) is 8.07 Å². The molecule has 6 aromatic rings. The van der Waals surface area contributed by atoms with Crippen LogP contribution in [-0.2, 0) is 0 Å². The Kier molecular flexibility index (Phi) is 3.80. The average molecular weight is 419 g/mol. The second-order valence-electron chi connectivity index (χ2n) is 9.02. The summed E-state index contributed by atoms with van der Waals surface area (Å²) in [4.78, 5) is 14.9. The molecule has 0 fully saturated rings.